The molecule has 1 unspecified atom stereocenters. The van der Waals surface area contributed by atoms with Gasteiger partial charge in [-0.15, -0.1) is 0 Å². The first-order chi connectivity index (χ1) is 14.7. The number of hydrogen-bond acceptors (Lipinski definition) is 0. The van der Waals surface area contributed by atoms with Crippen molar-refractivity contribution in [1.82, 2.24) is 0 Å². The van der Waals surface area contributed by atoms with Crippen molar-refractivity contribution in [3.8, 4) is 0 Å². The van der Waals surface area contributed by atoms with Crippen molar-refractivity contribution in [2.75, 3.05) is 0 Å². The van der Waals surface area contributed by atoms with Crippen LogP contribution < -0.4 is 0 Å². The maximum absolute atomic E-state index is 14.2. The molecule has 1 fully saturated rings. The van der Waals surface area contributed by atoms with Crippen molar-refractivity contribution >= 4 is 0 Å². The molecular formula is C29H45F. The molecule has 0 saturated heterocycles. The Morgan fingerprint density at radius 1 is 0.833 bits per heavy atom. The average Bonchev–Trinajstić information content (AvgIpc) is 2.78. The molecule has 168 valence electrons. The molecule has 0 nitrogen and oxygen atoms in total. The third-order valence-corrected chi connectivity index (χ3v) is 7.94. The van der Waals surface area contributed by atoms with Gasteiger partial charge in [-0.2, -0.15) is 0 Å². The predicted molar refractivity (Wildman–Crippen MR) is 128 cm³/mol. The molecule has 0 aliphatic heterocycles. The van der Waals surface area contributed by atoms with Crippen LogP contribution in [0, 0.1) is 23.6 Å². The summed E-state index contributed by atoms with van der Waals surface area (Å²) < 4.78 is 14.2. The Balaban J connectivity index is 1.37. The summed E-state index contributed by atoms with van der Waals surface area (Å²) in [6.45, 7) is 4.41. The van der Waals surface area contributed by atoms with Crippen molar-refractivity contribution in [1.29, 1.82) is 0 Å². The van der Waals surface area contributed by atoms with Gasteiger partial charge in [0.2, 0.25) is 0 Å². The molecule has 2 aliphatic rings. The molecule has 0 spiro atoms. The SMILES string of the molecule is CCCCCC[C@H]1CC[C@H](C2CC=C(CCc3ccc(CCC)c(F)c3)CC2)CC1. The van der Waals surface area contributed by atoms with E-state index < -0.39 is 0 Å². The molecule has 1 atom stereocenters. The Morgan fingerprint density at radius 3 is 2.33 bits per heavy atom. The molecular weight excluding hydrogens is 367 g/mol. The standard InChI is InChI=1S/C29H45F/c1-3-5-6-7-9-23-12-17-26(18-13-23)27-19-14-24(15-20-27)10-11-25-16-21-28(8-4-2)29(30)22-25/h14,16,21-23,26-27H,3-13,15,17-20H2,1-2H3/t23-,26-,27?. The van der Waals surface area contributed by atoms with Gasteiger partial charge in [-0.25, -0.2) is 4.39 Å². The van der Waals surface area contributed by atoms with Gasteiger partial charge in [-0.05, 0) is 86.3 Å². The smallest absolute Gasteiger partial charge is 0.126 e. The highest BCUT2D eigenvalue weighted by Gasteiger charge is 2.28. The van der Waals surface area contributed by atoms with E-state index in [1.165, 1.54) is 77.0 Å². The van der Waals surface area contributed by atoms with Crippen molar-refractivity contribution in [3.05, 3.63) is 46.8 Å². The average molecular weight is 413 g/mol. The molecule has 0 bridgehead atoms. The van der Waals surface area contributed by atoms with Gasteiger partial charge in [0.1, 0.15) is 5.82 Å². The zero-order valence-corrected chi connectivity index (χ0v) is 19.7. The van der Waals surface area contributed by atoms with E-state index in [0.29, 0.717) is 0 Å². The van der Waals surface area contributed by atoms with E-state index in [9.17, 15) is 4.39 Å². The van der Waals surface area contributed by atoms with E-state index in [2.05, 4.69) is 26.0 Å². The fourth-order valence-electron chi connectivity index (χ4n) is 5.90. The summed E-state index contributed by atoms with van der Waals surface area (Å²) in [5.41, 5.74) is 3.65. The molecule has 2 aliphatic carbocycles. The van der Waals surface area contributed by atoms with E-state index in [1.807, 2.05) is 6.07 Å². The van der Waals surface area contributed by atoms with Crippen molar-refractivity contribution in [2.45, 2.75) is 117 Å². The zero-order valence-electron chi connectivity index (χ0n) is 19.7. The van der Waals surface area contributed by atoms with Gasteiger partial charge in [0.15, 0.2) is 0 Å². The largest absolute Gasteiger partial charge is 0.207 e. The number of halogens is 1. The molecule has 30 heavy (non-hydrogen) atoms. The summed E-state index contributed by atoms with van der Waals surface area (Å²) in [5.74, 6) is 2.93. The molecule has 0 radical (unpaired) electrons. The van der Waals surface area contributed by atoms with Crippen LogP contribution in [0.1, 0.15) is 115 Å². The fourth-order valence-corrected chi connectivity index (χ4v) is 5.90. The maximum Gasteiger partial charge on any atom is 0.126 e. The topological polar surface area (TPSA) is 0 Å². The molecule has 1 aromatic carbocycles. The first kappa shape index (κ1) is 23.6. The third kappa shape index (κ3) is 7.24. The van der Waals surface area contributed by atoms with Crippen LogP contribution in [-0.2, 0) is 12.8 Å². The van der Waals surface area contributed by atoms with E-state index in [1.54, 1.807) is 11.6 Å². The third-order valence-electron chi connectivity index (χ3n) is 7.94. The van der Waals surface area contributed by atoms with Gasteiger partial charge >= 0.3 is 0 Å². The van der Waals surface area contributed by atoms with Crippen LogP contribution in [0.4, 0.5) is 4.39 Å². The minimum Gasteiger partial charge on any atom is -0.207 e. The first-order valence-electron chi connectivity index (χ1n) is 13.1. The lowest BCUT2D eigenvalue weighted by atomic mass is 9.70. The second-order valence-electron chi connectivity index (χ2n) is 10.2. The number of benzene rings is 1. The predicted octanol–water partition coefficient (Wildman–Crippen LogP) is 9.21. The quantitative estimate of drug-likeness (QED) is 0.251. The monoisotopic (exact) mass is 412 g/mol. The van der Waals surface area contributed by atoms with Crippen LogP contribution in [0.15, 0.2) is 29.8 Å². The molecule has 0 N–H and O–H groups in total. The maximum atomic E-state index is 14.2. The summed E-state index contributed by atoms with van der Waals surface area (Å²) in [4.78, 5) is 0. The van der Waals surface area contributed by atoms with Crippen LogP contribution >= 0.6 is 0 Å². The fraction of sp³-hybridized carbons (Fsp3) is 0.724. The van der Waals surface area contributed by atoms with Gasteiger partial charge in [0, 0.05) is 0 Å². The molecule has 1 saturated carbocycles. The molecule has 1 heteroatoms. The lowest BCUT2D eigenvalue weighted by Crippen LogP contribution is -2.23. The highest BCUT2D eigenvalue weighted by Crippen LogP contribution is 2.41. The Kier molecular flexibility index (Phi) is 9.95. The number of hydrogen-bond donors (Lipinski definition) is 0. The molecule has 3 rings (SSSR count). The lowest BCUT2D eigenvalue weighted by molar-refractivity contribution is 0.185. The Bertz CT molecular complexity index is 650. The first-order valence-corrected chi connectivity index (χ1v) is 13.1. The minimum atomic E-state index is -0.00648. The normalized spacial score (nSPS) is 24.6. The van der Waals surface area contributed by atoms with Gasteiger partial charge in [-0.3, -0.25) is 0 Å². The summed E-state index contributed by atoms with van der Waals surface area (Å²) in [6, 6.07) is 5.92. The second kappa shape index (κ2) is 12.7. The van der Waals surface area contributed by atoms with Crippen LogP contribution in [-0.4, -0.2) is 0 Å². The molecule has 1 aromatic rings. The summed E-state index contributed by atoms with van der Waals surface area (Å²) in [5, 5.41) is 0. The number of aryl methyl sites for hydroxylation is 2. The number of allylic oxidation sites excluding steroid dienone is 2. The number of rotatable bonds is 11. The minimum absolute atomic E-state index is 0.00648. The summed E-state index contributed by atoms with van der Waals surface area (Å²) in [7, 11) is 0. The van der Waals surface area contributed by atoms with E-state index in [4.69, 9.17) is 0 Å². The molecule has 0 amide bonds. The summed E-state index contributed by atoms with van der Waals surface area (Å²) >= 11 is 0. The Morgan fingerprint density at radius 2 is 1.67 bits per heavy atom. The summed E-state index contributed by atoms with van der Waals surface area (Å²) in [6.07, 6.45) is 23.6. The van der Waals surface area contributed by atoms with Gasteiger partial charge < -0.3 is 0 Å². The van der Waals surface area contributed by atoms with Gasteiger partial charge in [-0.1, -0.05) is 89.0 Å². The Labute approximate surface area is 185 Å². The van der Waals surface area contributed by atoms with E-state index >= 15 is 0 Å². The van der Waals surface area contributed by atoms with Crippen LogP contribution in [0.3, 0.4) is 0 Å². The van der Waals surface area contributed by atoms with Gasteiger partial charge in [0.25, 0.3) is 0 Å². The van der Waals surface area contributed by atoms with Crippen LogP contribution in [0.25, 0.3) is 0 Å². The highest BCUT2D eigenvalue weighted by molar-refractivity contribution is 5.25. The van der Waals surface area contributed by atoms with Crippen LogP contribution in [0.5, 0.6) is 0 Å². The van der Waals surface area contributed by atoms with E-state index in [-0.39, 0.29) is 5.82 Å². The number of unbranched alkanes of at least 4 members (excludes halogenated alkanes) is 3. The van der Waals surface area contributed by atoms with Crippen molar-refractivity contribution < 1.29 is 4.39 Å². The lowest BCUT2D eigenvalue weighted by Gasteiger charge is -2.35. The highest BCUT2D eigenvalue weighted by atomic mass is 19.1. The van der Waals surface area contributed by atoms with Crippen molar-refractivity contribution in [2.24, 2.45) is 17.8 Å². The van der Waals surface area contributed by atoms with E-state index in [0.717, 1.165) is 54.6 Å². The van der Waals surface area contributed by atoms with Crippen molar-refractivity contribution in [3.63, 3.8) is 0 Å². The molecule has 0 heterocycles. The van der Waals surface area contributed by atoms with Crippen LogP contribution in [0.2, 0.25) is 0 Å². The zero-order chi connectivity index (χ0) is 21.2. The molecule has 0 aromatic heterocycles. The van der Waals surface area contributed by atoms with Gasteiger partial charge in [0.05, 0.1) is 0 Å². The second-order valence-corrected chi connectivity index (χ2v) is 10.2. The Hall–Kier alpha value is -1.11.